The molecule has 2 aliphatic rings. The van der Waals surface area contributed by atoms with Gasteiger partial charge >= 0.3 is 0 Å². The molecule has 2 fully saturated rings. The molecule has 2 aliphatic heterocycles. The summed E-state index contributed by atoms with van der Waals surface area (Å²) >= 11 is 0. The predicted molar refractivity (Wildman–Crippen MR) is 145 cm³/mol. The second-order valence-corrected chi connectivity index (χ2v) is 9.19. The van der Waals surface area contributed by atoms with E-state index in [1.54, 1.807) is 6.21 Å². The monoisotopic (exact) mass is 498 g/mol. The normalized spacial score (nSPS) is 16.6. The summed E-state index contributed by atoms with van der Waals surface area (Å²) in [6.45, 7) is 8.18. The highest BCUT2D eigenvalue weighted by molar-refractivity contribution is 5.80. The van der Waals surface area contributed by atoms with E-state index in [1.165, 1.54) is 5.56 Å². The number of aromatic nitrogens is 4. The van der Waals surface area contributed by atoms with Gasteiger partial charge in [-0.15, -0.1) is 0 Å². The fourth-order valence-corrected chi connectivity index (χ4v) is 4.62. The van der Waals surface area contributed by atoms with Crippen molar-refractivity contribution in [2.75, 3.05) is 67.8 Å². The van der Waals surface area contributed by atoms with Crippen molar-refractivity contribution in [3.8, 4) is 11.3 Å². The van der Waals surface area contributed by atoms with Crippen molar-refractivity contribution in [3.63, 3.8) is 0 Å². The molecule has 3 aromatic heterocycles. The van der Waals surface area contributed by atoms with E-state index in [0.717, 1.165) is 73.5 Å². The maximum atomic E-state index is 5.58. The van der Waals surface area contributed by atoms with Crippen molar-refractivity contribution in [2.45, 2.75) is 6.92 Å². The number of hydrogen-bond acceptors (Lipinski definition) is 9. The molecule has 5 heterocycles. The predicted octanol–water partition coefficient (Wildman–Crippen LogP) is 3.22. The van der Waals surface area contributed by atoms with Crippen LogP contribution in [0.3, 0.4) is 0 Å². The fourth-order valence-electron chi connectivity index (χ4n) is 4.62. The van der Waals surface area contributed by atoms with Crippen LogP contribution >= 0.6 is 0 Å². The SMILES string of the molecule is Cc1cccc(C=NNc2cc(N3CCOCC3)n3nc(-c4ccc(N5CCOCC5)nc4)cc3n2)c1. The Morgan fingerprint density at radius 2 is 1.70 bits per heavy atom. The molecule has 1 N–H and O–H groups in total. The van der Waals surface area contributed by atoms with Crippen LogP contribution < -0.4 is 15.2 Å². The zero-order valence-electron chi connectivity index (χ0n) is 20.9. The Bertz CT molecular complexity index is 1390. The number of rotatable bonds is 6. The van der Waals surface area contributed by atoms with E-state index in [0.29, 0.717) is 19.0 Å². The minimum atomic E-state index is 0.658. The molecule has 0 saturated carbocycles. The molecule has 0 radical (unpaired) electrons. The van der Waals surface area contributed by atoms with Gasteiger partial charge in [-0.05, 0) is 24.6 Å². The Morgan fingerprint density at radius 1 is 0.919 bits per heavy atom. The van der Waals surface area contributed by atoms with Gasteiger partial charge in [0.1, 0.15) is 11.6 Å². The highest BCUT2D eigenvalue weighted by atomic mass is 16.5. The average Bonchev–Trinajstić information content (AvgIpc) is 3.38. The van der Waals surface area contributed by atoms with Gasteiger partial charge in [0.15, 0.2) is 11.5 Å². The van der Waals surface area contributed by atoms with Gasteiger partial charge < -0.3 is 19.3 Å². The van der Waals surface area contributed by atoms with Gasteiger partial charge in [-0.1, -0.05) is 29.8 Å². The number of morpholine rings is 2. The van der Waals surface area contributed by atoms with E-state index >= 15 is 0 Å². The molecule has 4 aromatic rings. The summed E-state index contributed by atoms with van der Waals surface area (Å²) in [7, 11) is 0. The van der Waals surface area contributed by atoms with Crippen molar-refractivity contribution in [1.29, 1.82) is 0 Å². The third kappa shape index (κ3) is 5.25. The lowest BCUT2D eigenvalue weighted by Crippen LogP contribution is -2.37. The summed E-state index contributed by atoms with van der Waals surface area (Å²) < 4.78 is 12.9. The highest BCUT2D eigenvalue weighted by Crippen LogP contribution is 2.26. The number of fused-ring (bicyclic) bond motifs is 1. The van der Waals surface area contributed by atoms with Crippen molar-refractivity contribution in [2.24, 2.45) is 5.10 Å². The van der Waals surface area contributed by atoms with Crippen LogP contribution in [0.2, 0.25) is 0 Å². The Morgan fingerprint density at radius 3 is 2.43 bits per heavy atom. The molecule has 0 amide bonds. The molecule has 1 aromatic carbocycles. The quantitative estimate of drug-likeness (QED) is 0.320. The van der Waals surface area contributed by atoms with Gasteiger partial charge in [0.05, 0.1) is 38.3 Å². The lowest BCUT2D eigenvalue weighted by Gasteiger charge is -2.29. The minimum Gasteiger partial charge on any atom is -0.378 e. The van der Waals surface area contributed by atoms with Crippen LogP contribution in [0.1, 0.15) is 11.1 Å². The summed E-state index contributed by atoms with van der Waals surface area (Å²) in [5, 5.41) is 9.34. The van der Waals surface area contributed by atoms with Crippen molar-refractivity contribution >= 4 is 29.3 Å². The molecule has 0 spiro atoms. The number of benzene rings is 1. The molecule has 2 saturated heterocycles. The molecule has 0 aliphatic carbocycles. The van der Waals surface area contributed by atoms with E-state index in [-0.39, 0.29) is 0 Å². The van der Waals surface area contributed by atoms with Gasteiger partial charge in [0, 0.05) is 50.1 Å². The molecule has 10 heteroatoms. The maximum Gasteiger partial charge on any atom is 0.160 e. The minimum absolute atomic E-state index is 0.658. The number of pyridine rings is 1. The van der Waals surface area contributed by atoms with Gasteiger partial charge in [-0.3, -0.25) is 5.43 Å². The van der Waals surface area contributed by atoms with E-state index in [9.17, 15) is 0 Å². The van der Waals surface area contributed by atoms with Crippen LogP contribution in [0.4, 0.5) is 17.5 Å². The topological polar surface area (TPSA) is 92.4 Å². The van der Waals surface area contributed by atoms with E-state index in [2.05, 4.69) is 45.4 Å². The number of nitrogens with one attached hydrogen (secondary N) is 1. The smallest absolute Gasteiger partial charge is 0.160 e. The molecular weight excluding hydrogens is 468 g/mol. The van der Waals surface area contributed by atoms with Crippen LogP contribution in [0.15, 0.2) is 59.8 Å². The zero-order valence-corrected chi connectivity index (χ0v) is 20.9. The summed E-state index contributed by atoms with van der Waals surface area (Å²) in [6.07, 6.45) is 3.68. The van der Waals surface area contributed by atoms with Crippen molar-refractivity contribution < 1.29 is 9.47 Å². The number of aryl methyl sites for hydroxylation is 1. The number of hydrogen-bond donors (Lipinski definition) is 1. The summed E-state index contributed by atoms with van der Waals surface area (Å²) in [4.78, 5) is 14.0. The molecule has 0 unspecified atom stereocenters. The first-order valence-electron chi connectivity index (χ1n) is 12.6. The molecule has 190 valence electrons. The lowest BCUT2D eigenvalue weighted by atomic mass is 10.2. The molecule has 10 nitrogen and oxygen atoms in total. The molecular formula is C27H30N8O2. The van der Waals surface area contributed by atoms with Crippen LogP contribution in [0.25, 0.3) is 16.9 Å². The third-order valence-electron chi connectivity index (χ3n) is 6.56. The Hall–Kier alpha value is -4.02. The highest BCUT2D eigenvalue weighted by Gasteiger charge is 2.19. The summed E-state index contributed by atoms with van der Waals surface area (Å²) in [6, 6.07) is 16.3. The zero-order chi connectivity index (χ0) is 25.0. The molecule has 6 rings (SSSR count). The first-order valence-corrected chi connectivity index (χ1v) is 12.6. The number of ether oxygens (including phenoxy) is 2. The van der Waals surface area contributed by atoms with Crippen molar-refractivity contribution in [1.82, 2.24) is 19.6 Å². The van der Waals surface area contributed by atoms with Crippen molar-refractivity contribution in [3.05, 3.63) is 65.9 Å². The van der Waals surface area contributed by atoms with Crippen LogP contribution in [0, 0.1) is 6.92 Å². The second kappa shape index (κ2) is 10.5. The summed E-state index contributed by atoms with van der Waals surface area (Å²) in [5.74, 6) is 2.57. The first kappa shape index (κ1) is 23.4. The van der Waals surface area contributed by atoms with Crippen LogP contribution in [-0.2, 0) is 9.47 Å². The van der Waals surface area contributed by atoms with Gasteiger partial charge in [-0.25, -0.2) is 9.97 Å². The third-order valence-corrected chi connectivity index (χ3v) is 6.56. The van der Waals surface area contributed by atoms with Crippen LogP contribution in [-0.4, -0.2) is 78.4 Å². The van der Waals surface area contributed by atoms with E-state index in [1.807, 2.05) is 41.0 Å². The largest absolute Gasteiger partial charge is 0.378 e. The van der Waals surface area contributed by atoms with E-state index < -0.39 is 0 Å². The maximum absolute atomic E-state index is 5.58. The average molecular weight is 499 g/mol. The number of hydrazone groups is 1. The van der Waals surface area contributed by atoms with Gasteiger partial charge in [0.2, 0.25) is 0 Å². The molecule has 0 bridgehead atoms. The van der Waals surface area contributed by atoms with Gasteiger partial charge in [-0.2, -0.15) is 14.7 Å². The fraction of sp³-hybridized carbons (Fsp3) is 0.333. The Labute approximate surface area is 215 Å². The van der Waals surface area contributed by atoms with E-state index in [4.69, 9.17) is 24.5 Å². The standard InChI is InChI=1S/C27H30N8O2/c1-20-3-2-4-21(15-20)18-29-31-24-17-27(34-9-13-37-14-10-34)35-26(30-24)16-23(32-35)22-5-6-25(28-19-22)33-7-11-36-12-8-33/h2-6,15-19H,7-14H2,1H3,(H,30,31). The Balaban J connectivity index is 1.30. The Kier molecular flexibility index (Phi) is 6.66. The lowest BCUT2D eigenvalue weighted by molar-refractivity contribution is 0.122. The number of nitrogens with zero attached hydrogens (tertiary/aromatic N) is 7. The summed E-state index contributed by atoms with van der Waals surface area (Å²) in [5.41, 5.74) is 7.84. The van der Waals surface area contributed by atoms with Crippen LogP contribution in [0.5, 0.6) is 0 Å². The molecule has 37 heavy (non-hydrogen) atoms. The molecule has 0 atom stereocenters. The number of anilines is 3. The first-order chi connectivity index (χ1) is 18.2. The van der Waals surface area contributed by atoms with Gasteiger partial charge in [0.25, 0.3) is 0 Å². The second-order valence-electron chi connectivity index (χ2n) is 9.19.